The topological polar surface area (TPSA) is 18.5 Å². The van der Waals surface area contributed by atoms with Crippen LogP contribution in [0.1, 0.15) is 64.7 Å². The van der Waals surface area contributed by atoms with Crippen molar-refractivity contribution in [2.45, 2.75) is 73.1 Å². The number of aryl methyl sites for hydroxylation is 1. The normalized spacial score (nSPS) is 13.8. The molecule has 0 aliphatic rings. The lowest BCUT2D eigenvalue weighted by Crippen LogP contribution is -2.47. The van der Waals surface area contributed by atoms with Crippen molar-refractivity contribution in [3.63, 3.8) is 0 Å². The second-order valence-electron chi connectivity index (χ2n) is 11.4. The third kappa shape index (κ3) is 8.31. The van der Waals surface area contributed by atoms with E-state index in [-0.39, 0.29) is 17.1 Å². The van der Waals surface area contributed by atoms with Crippen LogP contribution in [0.15, 0.2) is 48.5 Å². The summed E-state index contributed by atoms with van der Waals surface area (Å²) in [6.07, 6.45) is 0.850. The molecule has 172 valence electrons. The van der Waals surface area contributed by atoms with Gasteiger partial charge in [-0.2, -0.15) is 0 Å². The molecule has 0 fully saturated rings. The first-order chi connectivity index (χ1) is 14.3. The molecule has 0 spiro atoms. The first-order valence-electron chi connectivity index (χ1n) is 11.6. The van der Waals surface area contributed by atoms with Gasteiger partial charge in [0.1, 0.15) is 18.8 Å². The van der Waals surface area contributed by atoms with Crippen molar-refractivity contribution >= 4 is 0 Å². The lowest BCUT2D eigenvalue weighted by Gasteiger charge is -2.34. The largest absolute Gasteiger partial charge is 0.458 e. The third-order valence-corrected chi connectivity index (χ3v) is 5.64. The lowest BCUT2D eigenvalue weighted by molar-refractivity contribution is -0.908. The molecule has 0 saturated carbocycles. The Hall–Kier alpha value is -1.84. The minimum absolute atomic E-state index is 0.120. The number of ether oxygens (including phenoxy) is 2. The van der Waals surface area contributed by atoms with Gasteiger partial charge in [0, 0.05) is 12.2 Å². The second-order valence-corrected chi connectivity index (χ2v) is 11.4. The number of nitrogens with zero attached hydrogens (tertiary/aromatic N) is 1. The summed E-state index contributed by atoms with van der Waals surface area (Å²) in [5, 5.41) is 0. The third-order valence-electron chi connectivity index (χ3n) is 5.64. The Balaban J connectivity index is 2.13. The van der Waals surface area contributed by atoms with Gasteiger partial charge in [0.05, 0.1) is 14.1 Å². The van der Waals surface area contributed by atoms with E-state index >= 15 is 0 Å². The first kappa shape index (κ1) is 25.4. The highest BCUT2D eigenvalue weighted by molar-refractivity contribution is 5.39. The SMILES string of the molecule is CCOC(C[N+](C)(C)Cc1ccccc1)Oc1ccc(C(C)(C)CC(C)(C)C)cc1C. The van der Waals surface area contributed by atoms with E-state index in [2.05, 4.69) is 104 Å². The van der Waals surface area contributed by atoms with Gasteiger partial charge in [0.2, 0.25) is 6.29 Å². The molecule has 0 bridgehead atoms. The summed E-state index contributed by atoms with van der Waals surface area (Å²) < 4.78 is 13.2. The average Bonchev–Trinajstić information content (AvgIpc) is 2.61. The number of hydrogen-bond donors (Lipinski definition) is 0. The van der Waals surface area contributed by atoms with Crippen molar-refractivity contribution < 1.29 is 14.0 Å². The van der Waals surface area contributed by atoms with Gasteiger partial charge in [0.15, 0.2) is 0 Å². The molecule has 2 aromatic carbocycles. The molecule has 0 aliphatic heterocycles. The van der Waals surface area contributed by atoms with E-state index in [1.807, 2.05) is 6.92 Å². The quantitative estimate of drug-likeness (QED) is 0.310. The number of benzene rings is 2. The zero-order valence-corrected chi connectivity index (χ0v) is 21.3. The van der Waals surface area contributed by atoms with Crippen LogP contribution in [-0.2, 0) is 16.7 Å². The van der Waals surface area contributed by atoms with Gasteiger partial charge in [-0.25, -0.2) is 0 Å². The van der Waals surface area contributed by atoms with Crippen LogP contribution in [0.3, 0.4) is 0 Å². The highest BCUT2D eigenvalue weighted by atomic mass is 16.7. The smallest absolute Gasteiger partial charge is 0.249 e. The highest BCUT2D eigenvalue weighted by Crippen LogP contribution is 2.37. The average molecular weight is 427 g/mol. The molecule has 0 radical (unpaired) electrons. The molecule has 3 nitrogen and oxygen atoms in total. The fourth-order valence-corrected chi connectivity index (χ4v) is 4.63. The van der Waals surface area contributed by atoms with Crippen LogP contribution in [0.25, 0.3) is 0 Å². The Labute approximate surface area is 191 Å². The summed E-state index contributed by atoms with van der Waals surface area (Å²) in [6, 6.07) is 17.2. The van der Waals surface area contributed by atoms with Crippen molar-refractivity contribution in [2.75, 3.05) is 27.2 Å². The van der Waals surface area contributed by atoms with Crippen molar-refractivity contribution in [3.05, 3.63) is 65.2 Å². The maximum Gasteiger partial charge on any atom is 0.249 e. The molecule has 0 heterocycles. The van der Waals surface area contributed by atoms with Crippen LogP contribution in [0.4, 0.5) is 0 Å². The monoisotopic (exact) mass is 426 g/mol. The Morgan fingerprint density at radius 1 is 0.935 bits per heavy atom. The van der Waals surface area contributed by atoms with Crippen LogP contribution < -0.4 is 4.74 Å². The highest BCUT2D eigenvalue weighted by Gasteiger charge is 2.29. The fourth-order valence-electron chi connectivity index (χ4n) is 4.63. The molecule has 2 rings (SSSR count). The van der Waals surface area contributed by atoms with E-state index in [4.69, 9.17) is 9.47 Å². The van der Waals surface area contributed by atoms with Crippen LogP contribution >= 0.6 is 0 Å². The minimum atomic E-state index is -0.282. The van der Waals surface area contributed by atoms with Gasteiger partial charge in [-0.05, 0) is 48.3 Å². The van der Waals surface area contributed by atoms with E-state index in [9.17, 15) is 0 Å². The molecule has 2 aromatic rings. The van der Waals surface area contributed by atoms with Gasteiger partial charge in [-0.1, -0.05) is 77.1 Å². The van der Waals surface area contributed by atoms with Gasteiger partial charge in [-0.15, -0.1) is 0 Å². The summed E-state index contributed by atoms with van der Waals surface area (Å²) in [5.41, 5.74) is 4.26. The van der Waals surface area contributed by atoms with Gasteiger partial charge >= 0.3 is 0 Å². The predicted molar refractivity (Wildman–Crippen MR) is 131 cm³/mol. The molecule has 0 saturated heterocycles. The van der Waals surface area contributed by atoms with Crippen molar-refractivity contribution in [1.82, 2.24) is 0 Å². The summed E-state index contributed by atoms with van der Waals surface area (Å²) in [6.45, 7) is 18.1. The molecule has 31 heavy (non-hydrogen) atoms. The predicted octanol–water partition coefficient (Wildman–Crippen LogP) is 6.73. The molecular formula is C28H44NO2+. The minimum Gasteiger partial charge on any atom is -0.458 e. The molecule has 1 atom stereocenters. The standard InChI is InChI=1S/C28H44NO2/c1-10-30-26(20-29(8,9)19-23-14-12-11-13-15-23)31-25-17-16-24(18-22(25)2)28(6,7)21-27(3,4)5/h11-18,26H,10,19-21H2,1-9H3/q+1. The van der Waals surface area contributed by atoms with Crippen molar-refractivity contribution in [3.8, 4) is 5.75 Å². The van der Waals surface area contributed by atoms with Crippen LogP contribution in [0.5, 0.6) is 5.75 Å². The summed E-state index contributed by atoms with van der Waals surface area (Å²) in [5.74, 6) is 0.911. The van der Waals surface area contributed by atoms with E-state index < -0.39 is 0 Å². The molecule has 0 N–H and O–H groups in total. The number of rotatable bonds is 10. The first-order valence-corrected chi connectivity index (χ1v) is 11.6. The maximum absolute atomic E-state index is 6.39. The Morgan fingerprint density at radius 3 is 2.13 bits per heavy atom. The molecule has 3 heteroatoms. The van der Waals surface area contributed by atoms with Gasteiger partial charge in [0.25, 0.3) is 0 Å². The van der Waals surface area contributed by atoms with Crippen LogP contribution in [-0.4, -0.2) is 38.0 Å². The summed E-state index contributed by atoms with van der Waals surface area (Å²) >= 11 is 0. The zero-order chi connectivity index (χ0) is 23.3. The number of hydrogen-bond acceptors (Lipinski definition) is 2. The van der Waals surface area contributed by atoms with Gasteiger partial charge < -0.3 is 14.0 Å². The molecule has 0 aliphatic carbocycles. The summed E-state index contributed by atoms with van der Waals surface area (Å²) in [7, 11) is 4.46. The Morgan fingerprint density at radius 2 is 1.58 bits per heavy atom. The van der Waals surface area contributed by atoms with E-state index in [1.165, 1.54) is 11.1 Å². The zero-order valence-electron chi connectivity index (χ0n) is 21.3. The van der Waals surface area contributed by atoms with E-state index in [0.717, 1.165) is 35.3 Å². The Bertz CT molecular complexity index is 819. The second kappa shape index (κ2) is 10.2. The van der Waals surface area contributed by atoms with E-state index in [0.29, 0.717) is 6.61 Å². The molecule has 1 unspecified atom stereocenters. The van der Waals surface area contributed by atoms with Crippen molar-refractivity contribution in [1.29, 1.82) is 0 Å². The lowest BCUT2D eigenvalue weighted by atomic mass is 9.72. The number of likely N-dealkylation sites (N-methyl/N-ethyl adjacent to an activating group) is 1. The molecule has 0 amide bonds. The fraction of sp³-hybridized carbons (Fsp3) is 0.571. The summed E-state index contributed by atoms with van der Waals surface area (Å²) in [4.78, 5) is 0. The van der Waals surface area contributed by atoms with Crippen LogP contribution in [0, 0.1) is 12.3 Å². The molecule has 0 aromatic heterocycles. The van der Waals surface area contributed by atoms with Crippen molar-refractivity contribution in [2.24, 2.45) is 5.41 Å². The molecular weight excluding hydrogens is 382 g/mol. The van der Waals surface area contributed by atoms with Crippen LogP contribution in [0.2, 0.25) is 0 Å². The maximum atomic E-state index is 6.39. The number of quaternary nitrogens is 1. The van der Waals surface area contributed by atoms with Gasteiger partial charge in [-0.3, -0.25) is 0 Å². The van der Waals surface area contributed by atoms with E-state index in [1.54, 1.807) is 0 Å². The Kier molecular flexibility index (Phi) is 8.35.